The highest BCUT2D eigenvalue weighted by molar-refractivity contribution is 5.99. The highest BCUT2D eigenvalue weighted by atomic mass is 16.5. The van der Waals surface area contributed by atoms with Gasteiger partial charge < -0.3 is 10.5 Å². The summed E-state index contributed by atoms with van der Waals surface area (Å²) >= 11 is 0. The number of rotatable bonds is 3. The van der Waals surface area contributed by atoms with Gasteiger partial charge in [0.15, 0.2) is 5.78 Å². The minimum atomic E-state index is -0.0841. The number of aromatic nitrogens is 2. The minimum Gasteiger partial charge on any atom is -0.439 e. The van der Waals surface area contributed by atoms with Crippen LogP contribution in [0.25, 0.3) is 0 Å². The maximum atomic E-state index is 11.4. The molecule has 0 aliphatic heterocycles. The smallest absolute Gasteiger partial charge is 0.217 e. The molecule has 5 heteroatoms. The Morgan fingerprint density at radius 1 is 1.39 bits per heavy atom. The quantitative estimate of drug-likeness (QED) is 0.665. The molecule has 94 valence electrons. The number of anilines is 1. The number of benzene rings is 1. The van der Waals surface area contributed by atoms with Crippen LogP contribution in [0.3, 0.4) is 0 Å². The van der Waals surface area contributed by atoms with E-state index >= 15 is 0 Å². The van der Waals surface area contributed by atoms with E-state index in [4.69, 9.17) is 10.5 Å². The zero-order valence-electron chi connectivity index (χ0n) is 10.6. The van der Waals surface area contributed by atoms with Crippen molar-refractivity contribution in [3.8, 4) is 11.6 Å². The average Bonchev–Trinajstić information content (AvgIpc) is 2.60. The van der Waals surface area contributed by atoms with Crippen LogP contribution in [0.2, 0.25) is 0 Å². The van der Waals surface area contributed by atoms with E-state index < -0.39 is 0 Å². The molecule has 0 fully saturated rings. The van der Waals surface area contributed by atoms with E-state index in [9.17, 15) is 4.79 Å². The van der Waals surface area contributed by atoms with E-state index in [0.29, 0.717) is 22.9 Å². The van der Waals surface area contributed by atoms with E-state index in [1.54, 1.807) is 29.9 Å². The molecule has 0 amide bonds. The molecule has 2 rings (SSSR count). The van der Waals surface area contributed by atoms with Crippen molar-refractivity contribution < 1.29 is 9.53 Å². The first-order chi connectivity index (χ1) is 8.47. The zero-order valence-corrected chi connectivity index (χ0v) is 10.6. The minimum absolute atomic E-state index is 0.0841. The molecular formula is C13H15N3O2. The Bertz CT molecular complexity index is 602. The fourth-order valence-corrected chi connectivity index (χ4v) is 1.71. The number of aryl methyl sites for hydroxylation is 2. The van der Waals surface area contributed by atoms with Crippen LogP contribution in [0, 0.1) is 6.92 Å². The second-order valence-corrected chi connectivity index (χ2v) is 4.15. The van der Waals surface area contributed by atoms with Crippen LogP contribution in [0.1, 0.15) is 23.0 Å². The fraction of sp³-hybridized carbons (Fsp3) is 0.231. The number of nitrogens with zero attached hydrogens (tertiary/aromatic N) is 2. The van der Waals surface area contributed by atoms with Crippen molar-refractivity contribution in [2.24, 2.45) is 7.05 Å². The van der Waals surface area contributed by atoms with E-state index in [2.05, 4.69) is 5.10 Å². The fourth-order valence-electron chi connectivity index (χ4n) is 1.71. The second-order valence-electron chi connectivity index (χ2n) is 4.15. The number of ether oxygens (including phenoxy) is 1. The summed E-state index contributed by atoms with van der Waals surface area (Å²) in [4.78, 5) is 11.4. The molecule has 1 aromatic heterocycles. The maximum absolute atomic E-state index is 11.4. The van der Waals surface area contributed by atoms with Crippen molar-refractivity contribution in [3.63, 3.8) is 0 Å². The first-order valence-corrected chi connectivity index (χ1v) is 5.56. The van der Waals surface area contributed by atoms with Crippen LogP contribution >= 0.6 is 0 Å². The van der Waals surface area contributed by atoms with Crippen LogP contribution in [0.5, 0.6) is 11.6 Å². The van der Waals surface area contributed by atoms with Gasteiger partial charge in [-0.3, -0.25) is 4.79 Å². The third kappa shape index (κ3) is 2.34. The van der Waals surface area contributed by atoms with Gasteiger partial charge in [0, 0.05) is 24.4 Å². The third-order valence-corrected chi connectivity index (χ3v) is 2.59. The lowest BCUT2D eigenvalue weighted by molar-refractivity contribution is 0.101. The molecule has 0 saturated heterocycles. The predicted molar refractivity (Wildman–Crippen MR) is 68.9 cm³/mol. The first kappa shape index (κ1) is 12.2. The Hall–Kier alpha value is -2.30. The molecule has 0 spiro atoms. The van der Waals surface area contributed by atoms with Gasteiger partial charge in [-0.1, -0.05) is 0 Å². The number of carbonyl (C=O) groups excluding carboxylic acids is 1. The summed E-state index contributed by atoms with van der Waals surface area (Å²) in [5.41, 5.74) is 7.51. The Balaban J connectivity index is 2.32. The maximum Gasteiger partial charge on any atom is 0.217 e. The molecule has 0 aliphatic carbocycles. The highest BCUT2D eigenvalue weighted by Gasteiger charge is 2.09. The van der Waals surface area contributed by atoms with Gasteiger partial charge in [0.2, 0.25) is 5.88 Å². The van der Waals surface area contributed by atoms with Gasteiger partial charge in [-0.25, -0.2) is 4.68 Å². The van der Waals surface area contributed by atoms with Crippen LogP contribution in [0.15, 0.2) is 24.3 Å². The van der Waals surface area contributed by atoms with Gasteiger partial charge in [-0.2, -0.15) is 5.10 Å². The summed E-state index contributed by atoms with van der Waals surface area (Å²) < 4.78 is 7.31. The van der Waals surface area contributed by atoms with Crippen LogP contribution in [-0.4, -0.2) is 15.6 Å². The van der Waals surface area contributed by atoms with Gasteiger partial charge in [-0.05, 0) is 32.0 Å². The summed E-state index contributed by atoms with van der Waals surface area (Å²) in [6.45, 7) is 3.36. The van der Waals surface area contributed by atoms with Crippen LogP contribution in [-0.2, 0) is 7.05 Å². The molecule has 1 heterocycles. The van der Waals surface area contributed by atoms with Crippen molar-refractivity contribution in [2.75, 3.05) is 5.73 Å². The van der Waals surface area contributed by atoms with Gasteiger partial charge >= 0.3 is 0 Å². The lowest BCUT2D eigenvalue weighted by Gasteiger charge is -2.08. The van der Waals surface area contributed by atoms with Gasteiger partial charge in [0.25, 0.3) is 0 Å². The molecule has 18 heavy (non-hydrogen) atoms. The SMILES string of the molecule is CC(=O)c1cc(Oc2cc(C)nn2C)ccc1N. The number of carbonyl (C=O) groups is 1. The Kier molecular flexibility index (Phi) is 3.06. The normalized spacial score (nSPS) is 10.4. The number of hydrogen-bond acceptors (Lipinski definition) is 4. The van der Waals surface area contributed by atoms with Crippen LogP contribution < -0.4 is 10.5 Å². The molecule has 0 saturated carbocycles. The van der Waals surface area contributed by atoms with E-state index in [1.807, 2.05) is 13.0 Å². The summed E-state index contributed by atoms with van der Waals surface area (Å²) in [5.74, 6) is 1.10. The molecule has 2 N–H and O–H groups in total. The highest BCUT2D eigenvalue weighted by Crippen LogP contribution is 2.25. The number of hydrogen-bond donors (Lipinski definition) is 1. The Morgan fingerprint density at radius 3 is 2.67 bits per heavy atom. The Morgan fingerprint density at radius 2 is 2.11 bits per heavy atom. The number of nitrogen functional groups attached to an aromatic ring is 1. The zero-order chi connectivity index (χ0) is 13.3. The van der Waals surface area contributed by atoms with E-state index in [1.165, 1.54) is 6.92 Å². The molecule has 0 bridgehead atoms. The molecular weight excluding hydrogens is 230 g/mol. The van der Waals surface area contributed by atoms with Crippen molar-refractivity contribution in [1.29, 1.82) is 0 Å². The summed E-state index contributed by atoms with van der Waals surface area (Å²) in [6, 6.07) is 6.85. The van der Waals surface area contributed by atoms with Crippen molar-refractivity contribution >= 4 is 11.5 Å². The summed E-state index contributed by atoms with van der Waals surface area (Å²) in [6.07, 6.45) is 0. The van der Waals surface area contributed by atoms with Gasteiger partial charge in [-0.15, -0.1) is 0 Å². The topological polar surface area (TPSA) is 70.1 Å². The van der Waals surface area contributed by atoms with Crippen molar-refractivity contribution in [1.82, 2.24) is 9.78 Å². The molecule has 0 atom stereocenters. The molecule has 5 nitrogen and oxygen atoms in total. The lowest BCUT2D eigenvalue weighted by atomic mass is 10.1. The molecule has 0 unspecified atom stereocenters. The number of Topliss-reactive ketones (excluding diaryl/α,β-unsaturated/α-hetero) is 1. The standard InChI is InChI=1S/C13H15N3O2/c1-8-6-13(16(3)15-8)18-10-4-5-12(14)11(7-10)9(2)17/h4-7H,14H2,1-3H3. The van der Waals surface area contributed by atoms with Crippen molar-refractivity contribution in [3.05, 3.63) is 35.5 Å². The molecule has 2 aromatic rings. The second kappa shape index (κ2) is 4.52. The average molecular weight is 245 g/mol. The lowest BCUT2D eigenvalue weighted by Crippen LogP contribution is -2.01. The molecule has 1 aromatic carbocycles. The predicted octanol–water partition coefficient (Wildman–Crippen LogP) is 2.31. The third-order valence-electron chi connectivity index (χ3n) is 2.59. The largest absolute Gasteiger partial charge is 0.439 e. The molecule has 0 aliphatic rings. The van der Waals surface area contributed by atoms with E-state index in [0.717, 1.165) is 5.69 Å². The van der Waals surface area contributed by atoms with Gasteiger partial charge in [0.1, 0.15) is 5.75 Å². The molecule has 0 radical (unpaired) electrons. The first-order valence-electron chi connectivity index (χ1n) is 5.56. The Labute approximate surface area is 105 Å². The van der Waals surface area contributed by atoms with Crippen LogP contribution in [0.4, 0.5) is 5.69 Å². The number of ketones is 1. The monoisotopic (exact) mass is 245 g/mol. The van der Waals surface area contributed by atoms with E-state index in [-0.39, 0.29) is 5.78 Å². The summed E-state index contributed by atoms with van der Waals surface area (Å²) in [7, 11) is 1.80. The number of nitrogens with two attached hydrogens (primary N) is 1. The van der Waals surface area contributed by atoms with Gasteiger partial charge in [0.05, 0.1) is 5.69 Å². The summed E-state index contributed by atoms with van der Waals surface area (Å²) in [5, 5.41) is 4.18. The van der Waals surface area contributed by atoms with Crippen molar-refractivity contribution in [2.45, 2.75) is 13.8 Å².